The first-order valence-corrected chi connectivity index (χ1v) is 15.5. The van der Waals surface area contributed by atoms with Gasteiger partial charge in [-0.25, -0.2) is 9.56 Å². The third kappa shape index (κ3) is 9.44. The predicted octanol–water partition coefficient (Wildman–Crippen LogP) is 6.29. The molecule has 0 aliphatic carbocycles. The number of rotatable bonds is 15. The summed E-state index contributed by atoms with van der Waals surface area (Å²) in [5, 5.41) is 21.2. The number of phenols is 1. The summed E-state index contributed by atoms with van der Waals surface area (Å²) in [5.41, 5.74) is 6.95. The largest absolute Gasteiger partial charge is 0.505 e. The Hall–Kier alpha value is -4.62. The van der Waals surface area contributed by atoms with E-state index in [1.165, 1.54) is 12.8 Å². The van der Waals surface area contributed by atoms with Crippen LogP contribution in [-0.4, -0.2) is 38.2 Å². The normalized spacial score (nSPS) is 12.1. The molecule has 4 rings (SSSR count). The number of hydrazine groups is 1. The topological polar surface area (TPSA) is 69.0 Å². The molecule has 8 heteroatoms. The summed E-state index contributed by atoms with van der Waals surface area (Å²) in [5.74, 6) is 0.200. The highest BCUT2D eigenvalue weighted by atomic mass is 35.5. The zero-order valence-electron chi connectivity index (χ0n) is 25.8. The van der Waals surface area contributed by atoms with Crippen LogP contribution in [0, 0.1) is 0 Å². The fraction of sp³-hybridized carbons (Fsp3) is 0.250. The number of halogens is 1. The molecule has 1 aromatic heterocycles. The summed E-state index contributed by atoms with van der Waals surface area (Å²) in [4.78, 5) is 3.40. The molecular formula is C36H43ClN6O+2. The molecule has 44 heavy (non-hydrogen) atoms. The number of benzene rings is 3. The van der Waals surface area contributed by atoms with Gasteiger partial charge in [0.1, 0.15) is 24.5 Å². The molecule has 0 atom stereocenters. The van der Waals surface area contributed by atoms with Crippen LogP contribution in [0.15, 0.2) is 114 Å². The van der Waals surface area contributed by atoms with Crippen LogP contribution >= 0.6 is 11.6 Å². The second-order valence-corrected chi connectivity index (χ2v) is 11.0. The average molecular weight is 611 g/mol. The Morgan fingerprint density at radius 1 is 0.955 bits per heavy atom. The fourth-order valence-electron chi connectivity index (χ4n) is 4.80. The average Bonchev–Trinajstić information content (AvgIpc) is 3.05. The summed E-state index contributed by atoms with van der Waals surface area (Å²) in [6.07, 6.45) is 18.8. The maximum atomic E-state index is 10.8. The first-order chi connectivity index (χ1) is 21.5. The molecule has 1 heterocycles. The van der Waals surface area contributed by atoms with Gasteiger partial charge in [-0.2, -0.15) is 5.10 Å². The van der Waals surface area contributed by atoms with Crippen molar-refractivity contribution in [3.05, 3.63) is 114 Å². The Morgan fingerprint density at radius 3 is 2.41 bits per heavy atom. The van der Waals surface area contributed by atoms with Gasteiger partial charge in [0.05, 0.1) is 22.6 Å². The molecule has 0 saturated carbocycles. The van der Waals surface area contributed by atoms with Crippen LogP contribution in [0.1, 0.15) is 32.6 Å². The van der Waals surface area contributed by atoms with E-state index in [1.54, 1.807) is 11.1 Å². The summed E-state index contributed by atoms with van der Waals surface area (Å²) < 4.78 is 2.20. The number of pyridine rings is 1. The Balaban J connectivity index is 1.16. The molecule has 3 aromatic carbocycles. The molecule has 0 saturated heterocycles. The zero-order chi connectivity index (χ0) is 31.1. The number of hydrogen-bond acceptors (Lipinski definition) is 5. The van der Waals surface area contributed by atoms with Gasteiger partial charge in [-0.3, -0.25) is 15.4 Å². The van der Waals surface area contributed by atoms with Crippen molar-refractivity contribution in [2.24, 2.45) is 5.10 Å². The van der Waals surface area contributed by atoms with Crippen LogP contribution in [0.2, 0.25) is 5.02 Å². The van der Waals surface area contributed by atoms with Crippen LogP contribution in [0.25, 0.3) is 10.8 Å². The molecular weight excluding hydrogens is 568 g/mol. The number of unbranched alkanes of at least 4 members (excludes halogenated alkanes) is 3. The second-order valence-electron chi connectivity index (χ2n) is 10.6. The molecule has 4 aromatic rings. The number of aromatic nitrogens is 1. The number of anilines is 3. The van der Waals surface area contributed by atoms with E-state index in [-0.39, 0.29) is 5.75 Å². The third-order valence-electron chi connectivity index (χ3n) is 7.24. The second kappa shape index (κ2) is 16.9. The minimum absolute atomic E-state index is 0.200. The molecule has 0 aliphatic heterocycles. The maximum absolute atomic E-state index is 10.8. The van der Waals surface area contributed by atoms with Crippen molar-refractivity contribution in [3.63, 3.8) is 0 Å². The van der Waals surface area contributed by atoms with Crippen molar-refractivity contribution < 1.29 is 14.7 Å². The molecule has 0 spiro atoms. The van der Waals surface area contributed by atoms with E-state index in [0.29, 0.717) is 10.7 Å². The lowest BCUT2D eigenvalue weighted by molar-refractivity contribution is -0.697. The van der Waals surface area contributed by atoms with Crippen molar-refractivity contribution >= 4 is 51.9 Å². The predicted molar refractivity (Wildman–Crippen MR) is 186 cm³/mol. The first-order valence-electron chi connectivity index (χ1n) is 15.1. The van der Waals surface area contributed by atoms with E-state index in [9.17, 15) is 5.11 Å². The van der Waals surface area contributed by atoms with Crippen molar-refractivity contribution in [1.29, 1.82) is 0 Å². The smallest absolute Gasteiger partial charge is 0.170 e. The fourth-order valence-corrected chi connectivity index (χ4v) is 5.07. The van der Waals surface area contributed by atoms with Crippen molar-refractivity contribution in [1.82, 2.24) is 0 Å². The van der Waals surface area contributed by atoms with E-state index in [0.717, 1.165) is 53.7 Å². The van der Waals surface area contributed by atoms with E-state index < -0.39 is 0 Å². The number of nitrogens with zero attached hydrogens (tertiary/aromatic N) is 4. The van der Waals surface area contributed by atoms with Crippen molar-refractivity contribution in [2.45, 2.75) is 39.2 Å². The van der Waals surface area contributed by atoms with Gasteiger partial charge in [0.15, 0.2) is 18.6 Å². The number of fused-ring (bicyclic) bond motifs is 1. The van der Waals surface area contributed by atoms with Crippen LogP contribution in [0.4, 0.5) is 17.1 Å². The monoisotopic (exact) mass is 610 g/mol. The highest BCUT2D eigenvalue weighted by molar-refractivity contribution is 6.36. The molecule has 0 radical (unpaired) electrons. The van der Waals surface area contributed by atoms with Gasteiger partial charge in [-0.1, -0.05) is 66.2 Å². The van der Waals surface area contributed by atoms with E-state index >= 15 is 0 Å². The van der Waals surface area contributed by atoms with Crippen molar-refractivity contribution in [2.75, 3.05) is 36.1 Å². The number of hydrogen-bond donors (Lipinski definition) is 3. The lowest BCUT2D eigenvalue weighted by atomic mass is 10.1. The molecule has 0 fully saturated rings. The van der Waals surface area contributed by atoms with Gasteiger partial charge >= 0.3 is 0 Å². The number of phenolic OH excluding ortho intramolecular Hbond substituents is 1. The Labute approximate surface area is 266 Å². The molecule has 0 unspecified atom stereocenters. The van der Waals surface area contributed by atoms with Crippen LogP contribution in [0.5, 0.6) is 5.75 Å². The van der Waals surface area contributed by atoms with Gasteiger partial charge < -0.3 is 5.11 Å². The Kier molecular flexibility index (Phi) is 12.4. The standard InChI is InChI=1S/C36H41ClN6O/c1-4-14-29(28-39-41(2)31-15-8-7-9-16-31)19-23-38-22-12-5-6-13-24-43-25-20-30(21-26-43)40-42(3)35-27-34(37)32-17-10-11-18-33(32)36(35)44/h4,7-11,14-21,23,25-28,44H,5-6,12-13,22,24H2,1-3H3/p+2/b14-4-,29-19+,38-23?,39-28+. The van der Waals surface area contributed by atoms with Gasteiger partial charge in [-0.15, -0.1) is 0 Å². The first kappa shape index (κ1) is 32.3. The summed E-state index contributed by atoms with van der Waals surface area (Å²) in [6.45, 7) is 3.93. The van der Waals surface area contributed by atoms with Crippen LogP contribution in [0.3, 0.4) is 0 Å². The molecule has 3 N–H and O–H groups in total. The number of nitrogens with one attached hydrogen (secondary N) is 2. The van der Waals surface area contributed by atoms with Crippen LogP contribution in [-0.2, 0) is 6.54 Å². The summed E-state index contributed by atoms with van der Waals surface area (Å²) >= 11 is 6.48. The minimum Gasteiger partial charge on any atom is -0.505 e. The number of aryl methyl sites for hydroxylation is 1. The minimum atomic E-state index is 0.200. The van der Waals surface area contributed by atoms with Crippen LogP contribution < -0.4 is 25.0 Å². The van der Waals surface area contributed by atoms with Gasteiger partial charge in [-0.05, 0) is 38.0 Å². The van der Waals surface area contributed by atoms with Gasteiger partial charge in [0.25, 0.3) is 0 Å². The number of allylic oxidation sites excluding steroid dienone is 4. The highest BCUT2D eigenvalue weighted by Crippen LogP contribution is 2.39. The highest BCUT2D eigenvalue weighted by Gasteiger charge is 2.14. The lowest BCUT2D eigenvalue weighted by Crippen LogP contribution is -2.68. The van der Waals surface area contributed by atoms with Gasteiger partial charge in [0.2, 0.25) is 0 Å². The number of hydrazone groups is 1. The third-order valence-corrected chi connectivity index (χ3v) is 7.56. The molecule has 0 aliphatic rings. The molecule has 0 amide bonds. The van der Waals surface area contributed by atoms with Gasteiger partial charge in [0, 0.05) is 61.5 Å². The Bertz CT molecular complexity index is 1600. The number of para-hydroxylation sites is 1. The molecule has 7 nitrogen and oxygen atoms in total. The van der Waals surface area contributed by atoms with E-state index in [2.05, 4.69) is 38.6 Å². The summed E-state index contributed by atoms with van der Waals surface area (Å²) in [6, 6.07) is 23.5. The molecule has 0 bridgehead atoms. The quantitative estimate of drug-likeness (QED) is 0.0487. The lowest BCUT2D eigenvalue weighted by Gasteiger charge is -2.23. The Morgan fingerprint density at radius 2 is 1.66 bits per heavy atom. The van der Waals surface area contributed by atoms with E-state index in [4.69, 9.17) is 11.6 Å². The SMILES string of the molecule is C\C=C/C(/C=N/N(C)c1ccccc1)=C\C=[NH+]CCCCCC[n+]1ccc(NN(C)c2cc(Cl)c3ccccc3c2O)cc1. The van der Waals surface area contributed by atoms with E-state index in [1.807, 2.05) is 117 Å². The number of aromatic hydroxyl groups is 1. The maximum Gasteiger partial charge on any atom is 0.170 e. The van der Waals surface area contributed by atoms with Crippen molar-refractivity contribution in [3.8, 4) is 5.75 Å². The summed E-state index contributed by atoms with van der Waals surface area (Å²) in [7, 11) is 3.81. The zero-order valence-corrected chi connectivity index (χ0v) is 26.6. The molecule has 228 valence electrons.